The molecule has 1 saturated heterocycles. The fourth-order valence-electron chi connectivity index (χ4n) is 1.94. The lowest BCUT2D eigenvalue weighted by atomic mass is 10.2. The van der Waals surface area contributed by atoms with Gasteiger partial charge in [0, 0.05) is 18.8 Å². The Morgan fingerprint density at radius 3 is 2.78 bits per heavy atom. The van der Waals surface area contributed by atoms with Crippen LogP contribution in [-0.4, -0.2) is 29.4 Å². The summed E-state index contributed by atoms with van der Waals surface area (Å²) in [5.41, 5.74) is 0.930. The highest BCUT2D eigenvalue weighted by molar-refractivity contribution is 8.22. The number of halogens is 1. The summed E-state index contributed by atoms with van der Waals surface area (Å²) in [5, 5.41) is 0. The van der Waals surface area contributed by atoms with Crippen molar-refractivity contribution in [2.24, 2.45) is 0 Å². The summed E-state index contributed by atoms with van der Waals surface area (Å²) in [6.45, 7) is 2.12. The standard InChI is InChI=1S/C13H16FNOS2/c1-16-12-5-4-10(8-11(12)14)9-18-13(17)15-6-2-3-7-15/h4-5,8H,2-3,6-7,9H2,1H3. The van der Waals surface area contributed by atoms with Crippen LogP contribution in [0.3, 0.4) is 0 Å². The van der Waals surface area contributed by atoms with Gasteiger partial charge in [-0.05, 0) is 30.5 Å². The van der Waals surface area contributed by atoms with Crippen LogP contribution in [0.4, 0.5) is 4.39 Å². The third-order valence-electron chi connectivity index (χ3n) is 2.94. The number of methoxy groups -OCH3 is 1. The average Bonchev–Trinajstić information content (AvgIpc) is 2.90. The van der Waals surface area contributed by atoms with E-state index in [4.69, 9.17) is 17.0 Å². The van der Waals surface area contributed by atoms with Crippen LogP contribution in [-0.2, 0) is 5.75 Å². The minimum Gasteiger partial charge on any atom is -0.494 e. The number of nitrogens with zero attached hydrogens (tertiary/aromatic N) is 1. The van der Waals surface area contributed by atoms with E-state index < -0.39 is 0 Å². The van der Waals surface area contributed by atoms with Gasteiger partial charge >= 0.3 is 0 Å². The molecular formula is C13H16FNOS2. The van der Waals surface area contributed by atoms with Gasteiger partial charge in [0.1, 0.15) is 4.32 Å². The number of hydrogen-bond donors (Lipinski definition) is 0. The second kappa shape index (κ2) is 6.38. The summed E-state index contributed by atoms with van der Waals surface area (Å²) in [6, 6.07) is 5.05. The number of thioether (sulfide) groups is 1. The van der Waals surface area contributed by atoms with Crippen LogP contribution in [0.25, 0.3) is 0 Å². The van der Waals surface area contributed by atoms with Crippen molar-refractivity contribution in [3.63, 3.8) is 0 Å². The molecule has 98 valence electrons. The van der Waals surface area contributed by atoms with Gasteiger partial charge in [0.05, 0.1) is 7.11 Å². The van der Waals surface area contributed by atoms with Crippen molar-refractivity contribution in [1.29, 1.82) is 0 Å². The summed E-state index contributed by atoms with van der Waals surface area (Å²) >= 11 is 6.96. The first kappa shape index (κ1) is 13.6. The number of rotatable bonds is 3. The number of benzene rings is 1. The summed E-state index contributed by atoms with van der Waals surface area (Å²) in [4.78, 5) is 2.22. The molecule has 5 heteroatoms. The Morgan fingerprint density at radius 2 is 2.17 bits per heavy atom. The minimum absolute atomic E-state index is 0.283. The first-order chi connectivity index (χ1) is 8.70. The molecule has 0 N–H and O–H groups in total. The van der Waals surface area contributed by atoms with E-state index in [9.17, 15) is 4.39 Å². The molecule has 0 saturated carbocycles. The van der Waals surface area contributed by atoms with E-state index in [0.29, 0.717) is 5.75 Å². The van der Waals surface area contributed by atoms with Gasteiger partial charge in [0.2, 0.25) is 0 Å². The Labute approximate surface area is 117 Å². The predicted molar refractivity (Wildman–Crippen MR) is 77.7 cm³/mol. The maximum Gasteiger partial charge on any atom is 0.165 e. The Morgan fingerprint density at radius 1 is 1.44 bits per heavy atom. The maximum absolute atomic E-state index is 13.5. The van der Waals surface area contributed by atoms with Crippen molar-refractivity contribution in [1.82, 2.24) is 4.90 Å². The lowest BCUT2D eigenvalue weighted by molar-refractivity contribution is 0.386. The van der Waals surface area contributed by atoms with Crippen molar-refractivity contribution in [3.05, 3.63) is 29.6 Å². The molecule has 1 aliphatic rings. The lowest BCUT2D eigenvalue weighted by Crippen LogP contribution is -2.23. The van der Waals surface area contributed by atoms with Crippen molar-refractivity contribution in [2.75, 3.05) is 20.2 Å². The Bertz CT molecular complexity index is 433. The number of ether oxygens (including phenoxy) is 1. The van der Waals surface area contributed by atoms with E-state index in [1.807, 2.05) is 6.07 Å². The van der Waals surface area contributed by atoms with Gasteiger partial charge in [-0.15, -0.1) is 0 Å². The van der Waals surface area contributed by atoms with E-state index in [-0.39, 0.29) is 11.6 Å². The van der Waals surface area contributed by atoms with Crippen LogP contribution < -0.4 is 4.74 Å². The van der Waals surface area contributed by atoms with Gasteiger partial charge in [-0.25, -0.2) is 4.39 Å². The second-order valence-electron chi connectivity index (χ2n) is 4.22. The highest BCUT2D eigenvalue weighted by Gasteiger charge is 2.15. The van der Waals surface area contributed by atoms with E-state index in [1.54, 1.807) is 17.8 Å². The van der Waals surface area contributed by atoms with Crippen LogP contribution in [0.2, 0.25) is 0 Å². The zero-order valence-corrected chi connectivity index (χ0v) is 12.0. The molecule has 18 heavy (non-hydrogen) atoms. The summed E-state index contributed by atoms with van der Waals surface area (Å²) in [7, 11) is 1.47. The molecule has 0 bridgehead atoms. The third-order valence-corrected chi connectivity index (χ3v) is 4.54. The van der Waals surface area contributed by atoms with Gasteiger partial charge in [-0.2, -0.15) is 0 Å². The van der Waals surface area contributed by atoms with Gasteiger partial charge in [0.25, 0.3) is 0 Å². The Hall–Kier alpha value is -0.810. The van der Waals surface area contributed by atoms with Gasteiger partial charge in [-0.1, -0.05) is 30.0 Å². The van der Waals surface area contributed by atoms with Gasteiger partial charge < -0.3 is 9.64 Å². The summed E-state index contributed by atoms with van der Waals surface area (Å²) in [6.07, 6.45) is 2.44. The molecule has 1 aromatic carbocycles. The SMILES string of the molecule is COc1ccc(CSC(=S)N2CCCC2)cc1F. The van der Waals surface area contributed by atoms with Crippen molar-refractivity contribution < 1.29 is 9.13 Å². The molecule has 0 atom stereocenters. The molecule has 0 amide bonds. The average molecular weight is 285 g/mol. The van der Waals surface area contributed by atoms with Crippen LogP contribution in [0.1, 0.15) is 18.4 Å². The largest absolute Gasteiger partial charge is 0.494 e. The molecule has 1 aromatic rings. The van der Waals surface area contributed by atoms with Gasteiger partial charge in [-0.3, -0.25) is 0 Å². The molecule has 2 nitrogen and oxygen atoms in total. The fourth-order valence-corrected chi connectivity index (χ4v) is 3.13. The quantitative estimate of drug-likeness (QED) is 0.788. The first-order valence-corrected chi connectivity index (χ1v) is 7.34. The van der Waals surface area contributed by atoms with E-state index in [1.165, 1.54) is 26.0 Å². The van der Waals surface area contributed by atoms with Gasteiger partial charge in [0.15, 0.2) is 11.6 Å². The Balaban J connectivity index is 1.89. The van der Waals surface area contributed by atoms with Crippen molar-refractivity contribution in [3.8, 4) is 5.75 Å². The molecule has 1 fully saturated rings. The topological polar surface area (TPSA) is 12.5 Å². The first-order valence-electron chi connectivity index (χ1n) is 5.95. The maximum atomic E-state index is 13.5. The van der Waals surface area contributed by atoms with Crippen molar-refractivity contribution >= 4 is 28.3 Å². The van der Waals surface area contributed by atoms with Crippen LogP contribution >= 0.6 is 24.0 Å². The normalized spacial score (nSPS) is 14.9. The van der Waals surface area contributed by atoms with Crippen LogP contribution in [0.5, 0.6) is 5.75 Å². The summed E-state index contributed by atoms with van der Waals surface area (Å²) in [5.74, 6) is 0.671. The van der Waals surface area contributed by atoms with Crippen LogP contribution in [0, 0.1) is 5.82 Å². The molecule has 0 unspecified atom stereocenters. The Kier molecular flexibility index (Phi) is 4.83. The van der Waals surface area contributed by atoms with Crippen molar-refractivity contribution in [2.45, 2.75) is 18.6 Å². The zero-order chi connectivity index (χ0) is 13.0. The molecule has 1 heterocycles. The highest BCUT2D eigenvalue weighted by Crippen LogP contribution is 2.23. The molecule has 0 radical (unpaired) electrons. The monoisotopic (exact) mass is 285 g/mol. The van der Waals surface area contributed by atoms with E-state index >= 15 is 0 Å². The summed E-state index contributed by atoms with van der Waals surface area (Å²) < 4.78 is 19.3. The predicted octanol–water partition coefficient (Wildman–Crippen LogP) is 3.45. The number of thiocarbonyl (C=S) groups is 1. The van der Waals surface area contributed by atoms with Crippen LogP contribution in [0.15, 0.2) is 18.2 Å². The third kappa shape index (κ3) is 3.36. The zero-order valence-electron chi connectivity index (χ0n) is 10.3. The molecular weight excluding hydrogens is 269 g/mol. The molecule has 0 aromatic heterocycles. The smallest absolute Gasteiger partial charge is 0.165 e. The molecule has 1 aliphatic heterocycles. The molecule has 2 rings (SSSR count). The fraction of sp³-hybridized carbons (Fsp3) is 0.462. The highest BCUT2D eigenvalue weighted by atomic mass is 32.2. The number of hydrogen-bond acceptors (Lipinski definition) is 3. The minimum atomic E-state index is -0.317. The molecule has 0 spiro atoms. The van der Waals surface area contributed by atoms with E-state index in [2.05, 4.69) is 4.90 Å². The lowest BCUT2D eigenvalue weighted by Gasteiger charge is -2.17. The second-order valence-corrected chi connectivity index (χ2v) is 5.83. The number of likely N-dealkylation sites (tertiary alicyclic amines) is 1. The molecule has 0 aliphatic carbocycles. The van der Waals surface area contributed by atoms with E-state index in [0.717, 1.165) is 23.0 Å².